The Labute approximate surface area is 164 Å². The molecule has 3 rings (SSSR count). The predicted octanol–water partition coefficient (Wildman–Crippen LogP) is 3.23. The molecule has 2 aromatic heterocycles. The number of amides is 1. The molecule has 0 aliphatic heterocycles. The fraction of sp³-hybridized carbons (Fsp3) is 0.350. The number of anilines is 1. The number of carbonyl (C=O) groups is 1. The lowest BCUT2D eigenvalue weighted by molar-refractivity contribution is 0.102. The van der Waals surface area contributed by atoms with Gasteiger partial charge in [0.2, 0.25) is 0 Å². The number of benzene rings is 1. The molecule has 1 aromatic carbocycles. The van der Waals surface area contributed by atoms with Crippen LogP contribution in [0, 0.1) is 20.8 Å². The maximum atomic E-state index is 12.9. The number of nitrogens with zero attached hydrogens (tertiary/aromatic N) is 3. The summed E-state index contributed by atoms with van der Waals surface area (Å²) in [6.45, 7) is 8.87. The standard InChI is InChI=1S/C20H24N4O3S/c1-12(2)28(26,27)11-16-7-6-8-17(10-16)22-20(25)18-15(5)23-24-14(4)9-13(3)21-19(18)24/h6-10,12H,11H2,1-5H3,(H,22,25). The molecular formula is C20H24N4O3S. The van der Waals surface area contributed by atoms with Crippen LogP contribution in [-0.2, 0) is 15.6 Å². The lowest BCUT2D eigenvalue weighted by atomic mass is 10.2. The summed E-state index contributed by atoms with van der Waals surface area (Å²) < 4.78 is 26.0. The first-order valence-electron chi connectivity index (χ1n) is 9.04. The van der Waals surface area contributed by atoms with Crippen molar-refractivity contribution in [1.29, 1.82) is 0 Å². The van der Waals surface area contributed by atoms with Gasteiger partial charge >= 0.3 is 0 Å². The lowest BCUT2D eigenvalue weighted by Crippen LogP contribution is -2.17. The van der Waals surface area contributed by atoms with Crippen LogP contribution in [0.3, 0.4) is 0 Å². The van der Waals surface area contributed by atoms with E-state index in [0.717, 1.165) is 11.4 Å². The van der Waals surface area contributed by atoms with Gasteiger partial charge in [-0.3, -0.25) is 4.79 Å². The number of rotatable bonds is 5. The highest BCUT2D eigenvalue weighted by Crippen LogP contribution is 2.20. The second kappa shape index (κ2) is 7.35. The van der Waals surface area contributed by atoms with Crippen molar-refractivity contribution in [2.75, 3.05) is 5.32 Å². The number of hydrogen-bond donors (Lipinski definition) is 1. The summed E-state index contributed by atoms with van der Waals surface area (Å²) in [6, 6.07) is 8.79. The Balaban J connectivity index is 1.91. The quantitative estimate of drug-likeness (QED) is 0.710. The maximum absolute atomic E-state index is 12.9. The van der Waals surface area contributed by atoms with Crippen LogP contribution in [0.4, 0.5) is 5.69 Å². The molecule has 3 aromatic rings. The SMILES string of the molecule is Cc1cc(C)n2nc(C)c(C(=O)Nc3cccc(CS(=O)(=O)C(C)C)c3)c2n1. The Morgan fingerprint density at radius 3 is 2.57 bits per heavy atom. The van der Waals surface area contributed by atoms with Crippen molar-refractivity contribution in [3.05, 3.63) is 58.5 Å². The predicted molar refractivity (Wildman–Crippen MR) is 109 cm³/mol. The van der Waals surface area contributed by atoms with Gasteiger partial charge in [0, 0.05) is 17.1 Å². The minimum Gasteiger partial charge on any atom is -0.322 e. The Kier molecular flexibility index (Phi) is 5.25. The monoisotopic (exact) mass is 400 g/mol. The average molecular weight is 401 g/mol. The summed E-state index contributed by atoms with van der Waals surface area (Å²) in [4.78, 5) is 17.4. The van der Waals surface area contributed by atoms with Crippen molar-refractivity contribution in [2.45, 2.75) is 45.6 Å². The van der Waals surface area contributed by atoms with Crippen LogP contribution in [0.5, 0.6) is 0 Å². The summed E-state index contributed by atoms with van der Waals surface area (Å²) in [5.41, 5.74) is 4.36. The highest BCUT2D eigenvalue weighted by Gasteiger charge is 2.21. The summed E-state index contributed by atoms with van der Waals surface area (Å²) in [6.07, 6.45) is 0. The van der Waals surface area contributed by atoms with Crippen LogP contribution in [0.2, 0.25) is 0 Å². The van der Waals surface area contributed by atoms with Gasteiger partial charge in [-0.25, -0.2) is 17.9 Å². The molecule has 0 aliphatic carbocycles. The Morgan fingerprint density at radius 2 is 1.89 bits per heavy atom. The minimum absolute atomic E-state index is 0.0654. The number of hydrogen-bond acceptors (Lipinski definition) is 5. The lowest BCUT2D eigenvalue weighted by Gasteiger charge is -2.10. The molecule has 7 nitrogen and oxygen atoms in total. The molecule has 0 spiro atoms. The Hall–Kier alpha value is -2.74. The molecule has 1 N–H and O–H groups in total. The van der Waals surface area contributed by atoms with Crippen molar-refractivity contribution >= 4 is 27.1 Å². The van der Waals surface area contributed by atoms with E-state index in [1.54, 1.807) is 49.6 Å². The second-order valence-corrected chi connectivity index (χ2v) is 9.80. The van der Waals surface area contributed by atoms with E-state index in [1.807, 2.05) is 19.9 Å². The summed E-state index contributed by atoms with van der Waals surface area (Å²) in [5.74, 6) is -0.391. The van der Waals surface area contributed by atoms with Crippen LogP contribution in [0.25, 0.3) is 5.65 Å². The van der Waals surface area contributed by atoms with E-state index >= 15 is 0 Å². The van der Waals surface area contributed by atoms with Gasteiger partial charge in [0.25, 0.3) is 5.91 Å². The highest BCUT2D eigenvalue weighted by molar-refractivity contribution is 7.91. The van der Waals surface area contributed by atoms with Crippen LogP contribution in [0.1, 0.15) is 46.9 Å². The molecule has 0 aliphatic rings. The third-order valence-electron chi connectivity index (χ3n) is 4.57. The molecule has 0 unspecified atom stereocenters. The van der Waals surface area contributed by atoms with Crippen LogP contribution >= 0.6 is 0 Å². The Bertz CT molecular complexity index is 1160. The average Bonchev–Trinajstić information content (AvgIpc) is 2.91. The maximum Gasteiger partial charge on any atom is 0.261 e. The van der Waals surface area contributed by atoms with Gasteiger partial charge in [0.15, 0.2) is 15.5 Å². The molecular weight excluding hydrogens is 376 g/mol. The molecule has 8 heteroatoms. The first-order chi connectivity index (χ1) is 13.1. The number of fused-ring (bicyclic) bond motifs is 1. The van der Waals surface area contributed by atoms with E-state index in [-0.39, 0.29) is 11.7 Å². The van der Waals surface area contributed by atoms with Crippen molar-refractivity contribution < 1.29 is 13.2 Å². The van der Waals surface area contributed by atoms with Crippen molar-refractivity contribution in [1.82, 2.24) is 14.6 Å². The highest BCUT2D eigenvalue weighted by atomic mass is 32.2. The summed E-state index contributed by atoms with van der Waals surface area (Å²) in [5, 5.41) is 6.81. The third kappa shape index (κ3) is 3.91. The van der Waals surface area contributed by atoms with E-state index in [1.165, 1.54) is 0 Å². The largest absolute Gasteiger partial charge is 0.322 e. The van der Waals surface area contributed by atoms with Gasteiger partial charge in [-0.1, -0.05) is 12.1 Å². The zero-order valence-corrected chi connectivity index (χ0v) is 17.5. The molecule has 1 amide bonds. The van der Waals surface area contributed by atoms with E-state index in [9.17, 15) is 13.2 Å². The van der Waals surface area contributed by atoms with E-state index in [2.05, 4.69) is 15.4 Å². The van der Waals surface area contributed by atoms with Gasteiger partial charge in [0.1, 0.15) is 5.56 Å². The van der Waals surface area contributed by atoms with Crippen LogP contribution < -0.4 is 5.32 Å². The molecule has 2 heterocycles. The molecule has 0 saturated heterocycles. The first kappa shape index (κ1) is 20.0. The van der Waals surface area contributed by atoms with Gasteiger partial charge in [-0.15, -0.1) is 0 Å². The second-order valence-electron chi connectivity index (χ2n) is 7.25. The topological polar surface area (TPSA) is 93.4 Å². The molecule has 0 bridgehead atoms. The first-order valence-corrected chi connectivity index (χ1v) is 10.8. The van der Waals surface area contributed by atoms with E-state index in [4.69, 9.17) is 0 Å². The van der Waals surface area contributed by atoms with Crippen molar-refractivity contribution in [3.63, 3.8) is 0 Å². The van der Waals surface area contributed by atoms with Crippen molar-refractivity contribution in [2.24, 2.45) is 0 Å². The number of nitrogens with one attached hydrogen (secondary N) is 1. The molecule has 0 radical (unpaired) electrons. The third-order valence-corrected chi connectivity index (χ3v) is 6.74. The fourth-order valence-electron chi connectivity index (χ4n) is 3.02. The van der Waals surface area contributed by atoms with E-state index in [0.29, 0.717) is 28.2 Å². The molecule has 0 fully saturated rings. The number of aryl methyl sites for hydroxylation is 3. The number of sulfone groups is 1. The Morgan fingerprint density at radius 1 is 1.18 bits per heavy atom. The molecule has 28 heavy (non-hydrogen) atoms. The minimum atomic E-state index is -3.22. The molecule has 0 atom stereocenters. The van der Waals surface area contributed by atoms with Gasteiger partial charge < -0.3 is 5.32 Å². The number of aromatic nitrogens is 3. The van der Waals surface area contributed by atoms with Crippen LogP contribution in [0.15, 0.2) is 30.3 Å². The zero-order valence-electron chi connectivity index (χ0n) is 16.6. The van der Waals surface area contributed by atoms with E-state index < -0.39 is 15.1 Å². The number of carbonyl (C=O) groups excluding carboxylic acids is 1. The smallest absolute Gasteiger partial charge is 0.261 e. The summed E-state index contributed by atoms with van der Waals surface area (Å²) in [7, 11) is -3.22. The normalized spacial score (nSPS) is 11.9. The van der Waals surface area contributed by atoms with Gasteiger partial charge in [0.05, 0.1) is 16.7 Å². The molecule has 148 valence electrons. The molecule has 0 saturated carbocycles. The zero-order chi connectivity index (χ0) is 20.6. The van der Waals surface area contributed by atoms with Gasteiger partial charge in [-0.2, -0.15) is 5.10 Å². The fourth-order valence-corrected chi connectivity index (χ4v) is 4.00. The van der Waals surface area contributed by atoms with Crippen molar-refractivity contribution in [3.8, 4) is 0 Å². The van der Waals surface area contributed by atoms with Crippen LogP contribution in [-0.4, -0.2) is 34.2 Å². The summed E-state index contributed by atoms with van der Waals surface area (Å²) >= 11 is 0. The van der Waals surface area contributed by atoms with Gasteiger partial charge in [-0.05, 0) is 58.4 Å².